The van der Waals surface area contributed by atoms with Gasteiger partial charge >= 0.3 is 5.97 Å². The predicted octanol–water partition coefficient (Wildman–Crippen LogP) is 2.14. The van der Waals surface area contributed by atoms with Crippen LogP contribution in [0.25, 0.3) is 0 Å². The van der Waals surface area contributed by atoms with E-state index in [1.165, 1.54) is 7.11 Å². The normalized spacial score (nSPS) is 9.82. The first-order valence-corrected chi connectivity index (χ1v) is 5.42. The van der Waals surface area contributed by atoms with Gasteiger partial charge in [-0.2, -0.15) is 0 Å². The van der Waals surface area contributed by atoms with Crippen molar-refractivity contribution in [2.24, 2.45) is 0 Å². The molecule has 0 aromatic heterocycles. The fourth-order valence-corrected chi connectivity index (χ4v) is 1.45. The molecule has 1 aromatic carbocycles. The number of ether oxygens (including phenoxy) is 2. The molecule has 0 aliphatic heterocycles. The summed E-state index contributed by atoms with van der Waals surface area (Å²) in [7, 11) is 1.26. The van der Waals surface area contributed by atoms with E-state index >= 15 is 0 Å². The summed E-state index contributed by atoms with van der Waals surface area (Å²) in [5.41, 5.74) is 1.37. The molecular weight excluding hydrogens is 220 g/mol. The molecule has 1 aromatic rings. The highest BCUT2D eigenvalue weighted by atomic mass is 16.5. The second-order valence-corrected chi connectivity index (χ2v) is 3.59. The lowest BCUT2D eigenvalue weighted by Gasteiger charge is -2.08. The van der Waals surface area contributed by atoms with Gasteiger partial charge in [-0.3, -0.25) is 9.59 Å². The van der Waals surface area contributed by atoms with Gasteiger partial charge in [-0.1, -0.05) is 0 Å². The number of hydrogen-bond donors (Lipinski definition) is 0. The summed E-state index contributed by atoms with van der Waals surface area (Å²) in [6.45, 7) is 4.34. The van der Waals surface area contributed by atoms with Crippen LogP contribution in [0, 0.1) is 6.92 Å². The summed E-state index contributed by atoms with van der Waals surface area (Å²) in [4.78, 5) is 22.7. The molecule has 0 amide bonds. The van der Waals surface area contributed by atoms with Crippen LogP contribution in [0.4, 0.5) is 0 Å². The fourth-order valence-electron chi connectivity index (χ4n) is 1.45. The van der Waals surface area contributed by atoms with Crippen LogP contribution >= 0.6 is 0 Å². The zero-order chi connectivity index (χ0) is 12.8. The van der Waals surface area contributed by atoms with Gasteiger partial charge in [0.15, 0.2) is 5.78 Å². The lowest BCUT2D eigenvalue weighted by atomic mass is 10.1. The second kappa shape index (κ2) is 6.03. The average molecular weight is 236 g/mol. The van der Waals surface area contributed by atoms with Crippen LogP contribution in [0.1, 0.15) is 29.3 Å². The number of benzene rings is 1. The molecule has 0 saturated carbocycles. The number of rotatable bonds is 5. The quantitative estimate of drug-likeness (QED) is 0.446. The average Bonchev–Trinajstić information content (AvgIpc) is 2.31. The molecule has 0 unspecified atom stereocenters. The van der Waals surface area contributed by atoms with E-state index in [1.54, 1.807) is 18.2 Å². The van der Waals surface area contributed by atoms with Crippen LogP contribution in [0.15, 0.2) is 18.2 Å². The van der Waals surface area contributed by atoms with Crippen molar-refractivity contribution in [1.29, 1.82) is 0 Å². The minimum absolute atomic E-state index is 0.232. The van der Waals surface area contributed by atoms with Crippen molar-refractivity contribution in [2.75, 3.05) is 13.7 Å². The summed E-state index contributed by atoms with van der Waals surface area (Å²) in [5.74, 6) is -0.0216. The van der Waals surface area contributed by atoms with E-state index in [2.05, 4.69) is 4.74 Å². The second-order valence-electron chi connectivity index (χ2n) is 3.59. The molecule has 0 aliphatic carbocycles. The Kier molecular flexibility index (Phi) is 4.69. The van der Waals surface area contributed by atoms with Crippen LogP contribution in [-0.2, 0) is 9.53 Å². The number of carbonyl (C=O) groups is 2. The highest BCUT2D eigenvalue weighted by molar-refractivity contribution is 6.06. The van der Waals surface area contributed by atoms with Crippen molar-refractivity contribution in [3.8, 4) is 5.75 Å². The van der Waals surface area contributed by atoms with Crippen molar-refractivity contribution in [3.05, 3.63) is 29.3 Å². The van der Waals surface area contributed by atoms with Gasteiger partial charge < -0.3 is 9.47 Å². The summed E-state index contributed by atoms with van der Waals surface area (Å²) in [5, 5.41) is 0. The Morgan fingerprint density at radius 3 is 2.53 bits per heavy atom. The number of hydrogen-bond acceptors (Lipinski definition) is 4. The lowest BCUT2D eigenvalue weighted by molar-refractivity contribution is -0.139. The zero-order valence-corrected chi connectivity index (χ0v) is 10.3. The molecule has 92 valence electrons. The number of methoxy groups -OCH3 is 1. The maximum Gasteiger partial charge on any atom is 0.313 e. The summed E-state index contributed by atoms with van der Waals surface area (Å²) >= 11 is 0. The van der Waals surface area contributed by atoms with Gasteiger partial charge in [0, 0.05) is 5.56 Å². The zero-order valence-electron chi connectivity index (χ0n) is 10.3. The Morgan fingerprint density at radius 1 is 1.29 bits per heavy atom. The molecular formula is C13H16O4. The van der Waals surface area contributed by atoms with Gasteiger partial charge in [-0.05, 0) is 37.6 Å². The topological polar surface area (TPSA) is 52.6 Å². The maximum atomic E-state index is 11.7. The van der Waals surface area contributed by atoms with Crippen molar-refractivity contribution in [2.45, 2.75) is 20.3 Å². The molecule has 0 aliphatic rings. The smallest absolute Gasteiger partial charge is 0.313 e. The third-order valence-corrected chi connectivity index (χ3v) is 2.33. The fraction of sp³-hybridized carbons (Fsp3) is 0.385. The molecule has 4 nitrogen and oxygen atoms in total. The number of carbonyl (C=O) groups excluding carboxylic acids is 2. The monoisotopic (exact) mass is 236 g/mol. The van der Waals surface area contributed by atoms with Gasteiger partial charge in [0.2, 0.25) is 0 Å². The van der Waals surface area contributed by atoms with Crippen molar-refractivity contribution in [3.63, 3.8) is 0 Å². The van der Waals surface area contributed by atoms with Crippen LogP contribution in [-0.4, -0.2) is 25.5 Å². The van der Waals surface area contributed by atoms with Crippen LogP contribution < -0.4 is 4.74 Å². The lowest BCUT2D eigenvalue weighted by Crippen LogP contribution is -2.09. The molecule has 0 spiro atoms. The third-order valence-electron chi connectivity index (χ3n) is 2.33. The van der Waals surface area contributed by atoms with E-state index in [0.29, 0.717) is 12.2 Å². The molecule has 1 rings (SSSR count). The standard InChI is InChI=1S/C13H16O4/c1-4-17-12-6-5-10(7-9(12)2)11(14)8-13(15)16-3/h5-7H,4,8H2,1-3H3. The summed E-state index contributed by atoms with van der Waals surface area (Å²) < 4.78 is 9.82. The molecule has 0 heterocycles. The van der Waals surface area contributed by atoms with Crippen molar-refractivity contribution < 1.29 is 19.1 Å². The van der Waals surface area contributed by atoms with E-state index in [0.717, 1.165) is 11.3 Å². The van der Waals surface area contributed by atoms with Gasteiger partial charge in [0.1, 0.15) is 12.2 Å². The third kappa shape index (κ3) is 3.59. The number of Topliss-reactive ketones (excluding diaryl/α,β-unsaturated/α-hetero) is 1. The van der Waals surface area contributed by atoms with Crippen LogP contribution in [0.3, 0.4) is 0 Å². The summed E-state index contributed by atoms with van der Waals surface area (Å²) in [6, 6.07) is 5.11. The number of esters is 1. The Hall–Kier alpha value is -1.84. The Morgan fingerprint density at radius 2 is 2.00 bits per heavy atom. The van der Waals surface area contributed by atoms with E-state index in [4.69, 9.17) is 4.74 Å². The van der Waals surface area contributed by atoms with E-state index < -0.39 is 5.97 Å². The molecule has 17 heavy (non-hydrogen) atoms. The van der Waals surface area contributed by atoms with Gasteiger partial charge in [0.25, 0.3) is 0 Å². The molecule has 0 N–H and O–H groups in total. The predicted molar refractivity (Wildman–Crippen MR) is 63.3 cm³/mol. The van der Waals surface area contributed by atoms with Gasteiger partial charge in [-0.25, -0.2) is 0 Å². The van der Waals surface area contributed by atoms with E-state index in [9.17, 15) is 9.59 Å². The minimum Gasteiger partial charge on any atom is -0.494 e. The van der Waals surface area contributed by atoms with Gasteiger partial charge in [-0.15, -0.1) is 0 Å². The first kappa shape index (κ1) is 13.2. The summed E-state index contributed by atoms with van der Waals surface area (Å²) in [6.07, 6.45) is -0.232. The first-order chi connectivity index (χ1) is 8.08. The Balaban J connectivity index is 2.82. The highest BCUT2D eigenvalue weighted by Gasteiger charge is 2.13. The van der Waals surface area contributed by atoms with Gasteiger partial charge in [0.05, 0.1) is 13.7 Å². The molecule has 0 bridgehead atoms. The van der Waals surface area contributed by atoms with E-state index in [-0.39, 0.29) is 12.2 Å². The maximum absolute atomic E-state index is 11.7. The van der Waals surface area contributed by atoms with Crippen LogP contribution in [0.5, 0.6) is 5.75 Å². The molecule has 0 radical (unpaired) electrons. The van der Waals surface area contributed by atoms with Crippen molar-refractivity contribution >= 4 is 11.8 Å². The largest absolute Gasteiger partial charge is 0.494 e. The molecule has 0 saturated heterocycles. The first-order valence-electron chi connectivity index (χ1n) is 5.42. The molecule has 0 atom stereocenters. The molecule has 4 heteroatoms. The Bertz CT molecular complexity index is 423. The number of aryl methyl sites for hydroxylation is 1. The minimum atomic E-state index is -0.526. The Labute approximate surface area is 101 Å². The SMILES string of the molecule is CCOc1ccc(C(=O)CC(=O)OC)cc1C. The molecule has 0 fully saturated rings. The van der Waals surface area contributed by atoms with E-state index in [1.807, 2.05) is 13.8 Å². The number of ketones is 1. The van der Waals surface area contributed by atoms with Crippen molar-refractivity contribution in [1.82, 2.24) is 0 Å². The highest BCUT2D eigenvalue weighted by Crippen LogP contribution is 2.19. The van der Waals surface area contributed by atoms with Crippen LogP contribution in [0.2, 0.25) is 0 Å².